The molecule has 21 heavy (non-hydrogen) atoms. The molecule has 0 atom stereocenters. The SMILES string of the molecule is Cn1nccc1CCn1c(CCCl)nc2cccc(Cl)c21. The Balaban J connectivity index is 1.98. The molecule has 6 heteroatoms. The van der Waals surface area contributed by atoms with Gasteiger partial charge in [-0.05, 0) is 18.2 Å². The number of rotatable bonds is 5. The summed E-state index contributed by atoms with van der Waals surface area (Å²) in [5.74, 6) is 1.53. The number of aryl methyl sites for hydroxylation is 4. The van der Waals surface area contributed by atoms with E-state index in [-0.39, 0.29) is 0 Å². The minimum absolute atomic E-state index is 0.548. The number of hydrogen-bond acceptors (Lipinski definition) is 2. The van der Waals surface area contributed by atoms with E-state index >= 15 is 0 Å². The quantitative estimate of drug-likeness (QED) is 0.674. The third-order valence-corrected chi connectivity index (χ3v) is 4.12. The fourth-order valence-corrected chi connectivity index (χ4v) is 3.02. The number of para-hydroxylation sites is 1. The van der Waals surface area contributed by atoms with Crippen molar-refractivity contribution >= 4 is 34.2 Å². The number of aromatic nitrogens is 4. The maximum Gasteiger partial charge on any atom is 0.111 e. The summed E-state index contributed by atoms with van der Waals surface area (Å²) in [6.07, 6.45) is 3.43. The minimum atomic E-state index is 0.548. The number of alkyl halides is 1. The maximum atomic E-state index is 6.36. The molecule has 0 radical (unpaired) electrons. The fraction of sp³-hybridized carbons (Fsp3) is 0.333. The van der Waals surface area contributed by atoms with Crippen LogP contribution in [0.4, 0.5) is 0 Å². The van der Waals surface area contributed by atoms with Crippen molar-refractivity contribution in [2.75, 3.05) is 5.88 Å². The van der Waals surface area contributed by atoms with E-state index in [0.29, 0.717) is 5.88 Å². The molecule has 0 amide bonds. The molecular formula is C15H16Cl2N4. The third kappa shape index (κ3) is 2.78. The van der Waals surface area contributed by atoms with Gasteiger partial charge in [0.1, 0.15) is 5.82 Å². The van der Waals surface area contributed by atoms with E-state index in [1.54, 1.807) is 0 Å². The van der Waals surface area contributed by atoms with Gasteiger partial charge in [-0.1, -0.05) is 17.7 Å². The van der Waals surface area contributed by atoms with Crippen LogP contribution in [0.25, 0.3) is 11.0 Å². The number of fused-ring (bicyclic) bond motifs is 1. The van der Waals surface area contributed by atoms with Crippen molar-refractivity contribution in [2.45, 2.75) is 19.4 Å². The Morgan fingerprint density at radius 3 is 2.76 bits per heavy atom. The van der Waals surface area contributed by atoms with Gasteiger partial charge in [0.05, 0.1) is 16.1 Å². The smallest absolute Gasteiger partial charge is 0.111 e. The Morgan fingerprint density at radius 1 is 1.19 bits per heavy atom. The molecule has 0 unspecified atom stereocenters. The van der Waals surface area contributed by atoms with Crippen molar-refractivity contribution in [2.24, 2.45) is 7.05 Å². The van der Waals surface area contributed by atoms with Gasteiger partial charge in [0.25, 0.3) is 0 Å². The van der Waals surface area contributed by atoms with Gasteiger partial charge in [0.2, 0.25) is 0 Å². The first-order valence-corrected chi connectivity index (χ1v) is 7.78. The summed E-state index contributed by atoms with van der Waals surface area (Å²) in [4.78, 5) is 4.66. The van der Waals surface area contributed by atoms with E-state index in [9.17, 15) is 0 Å². The van der Waals surface area contributed by atoms with Gasteiger partial charge in [-0.2, -0.15) is 5.10 Å². The summed E-state index contributed by atoms with van der Waals surface area (Å²) in [7, 11) is 1.95. The predicted molar refractivity (Wildman–Crippen MR) is 86.1 cm³/mol. The van der Waals surface area contributed by atoms with Crippen molar-refractivity contribution in [1.29, 1.82) is 0 Å². The molecule has 0 saturated carbocycles. The van der Waals surface area contributed by atoms with Crippen molar-refractivity contribution in [3.8, 4) is 0 Å². The lowest BCUT2D eigenvalue weighted by molar-refractivity contribution is 0.628. The van der Waals surface area contributed by atoms with Crippen molar-refractivity contribution < 1.29 is 0 Å². The molecular weight excluding hydrogens is 307 g/mol. The van der Waals surface area contributed by atoms with Crippen LogP contribution in [0, 0.1) is 0 Å². The summed E-state index contributed by atoms with van der Waals surface area (Å²) in [5.41, 5.74) is 3.09. The molecule has 3 rings (SSSR count). The highest BCUT2D eigenvalue weighted by Crippen LogP contribution is 2.25. The van der Waals surface area contributed by atoms with Gasteiger partial charge in [0, 0.05) is 44.2 Å². The third-order valence-electron chi connectivity index (χ3n) is 3.63. The highest BCUT2D eigenvalue weighted by Gasteiger charge is 2.13. The van der Waals surface area contributed by atoms with Crippen LogP contribution in [0.1, 0.15) is 11.5 Å². The van der Waals surface area contributed by atoms with Gasteiger partial charge in [0.15, 0.2) is 0 Å². The number of hydrogen-bond donors (Lipinski definition) is 0. The van der Waals surface area contributed by atoms with Gasteiger partial charge < -0.3 is 4.57 Å². The first-order chi connectivity index (χ1) is 10.2. The van der Waals surface area contributed by atoms with Crippen LogP contribution in [0.3, 0.4) is 0 Å². The Labute approximate surface area is 133 Å². The van der Waals surface area contributed by atoms with Crippen molar-refractivity contribution in [3.63, 3.8) is 0 Å². The van der Waals surface area contributed by atoms with Crippen LogP contribution in [0.15, 0.2) is 30.5 Å². The molecule has 2 aromatic heterocycles. The summed E-state index contributed by atoms with van der Waals surface area (Å²) >= 11 is 12.3. The molecule has 0 N–H and O–H groups in total. The predicted octanol–water partition coefficient (Wildman–Crippen LogP) is 3.45. The second-order valence-corrected chi connectivity index (χ2v) is 5.71. The molecule has 110 valence electrons. The molecule has 0 saturated heterocycles. The van der Waals surface area contributed by atoms with Gasteiger partial charge in [-0.15, -0.1) is 11.6 Å². The lowest BCUT2D eigenvalue weighted by Crippen LogP contribution is -2.09. The van der Waals surface area contributed by atoms with Crippen LogP contribution >= 0.6 is 23.2 Å². The Kier molecular flexibility index (Phi) is 4.17. The van der Waals surface area contributed by atoms with Crippen molar-refractivity contribution in [1.82, 2.24) is 19.3 Å². The number of nitrogens with zero attached hydrogens (tertiary/aromatic N) is 4. The molecule has 0 aliphatic carbocycles. The van der Waals surface area contributed by atoms with Gasteiger partial charge >= 0.3 is 0 Å². The molecule has 0 fully saturated rings. The largest absolute Gasteiger partial charge is 0.326 e. The first kappa shape index (κ1) is 14.4. The lowest BCUT2D eigenvalue weighted by atomic mass is 10.2. The molecule has 1 aromatic carbocycles. The first-order valence-electron chi connectivity index (χ1n) is 6.87. The highest BCUT2D eigenvalue weighted by atomic mass is 35.5. The number of benzene rings is 1. The molecule has 0 bridgehead atoms. The second-order valence-electron chi connectivity index (χ2n) is 4.92. The zero-order valence-corrected chi connectivity index (χ0v) is 13.3. The summed E-state index contributed by atoms with van der Waals surface area (Å²) < 4.78 is 4.06. The second kappa shape index (κ2) is 6.08. The van der Waals surface area contributed by atoms with E-state index in [0.717, 1.165) is 41.3 Å². The molecule has 0 spiro atoms. The van der Waals surface area contributed by atoms with E-state index in [4.69, 9.17) is 23.2 Å². The molecule has 2 heterocycles. The average molecular weight is 323 g/mol. The number of halogens is 2. The molecule has 0 aliphatic rings. The molecule has 3 aromatic rings. The molecule has 0 aliphatic heterocycles. The van der Waals surface area contributed by atoms with E-state index < -0.39 is 0 Å². The molecule has 4 nitrogen and oxygen atoms in total. The Hall–Kier alpha value is -1.52. The zero-order valence-electron chi connectivity index (χ0n) is 11.8. The standard InChI is InChI=1S/C15H16Cl2N4/c1-20-11(6-9-18-20)7-10-21-14(5-8-16)19-13-4-2-3-12(17)15(13)21/h2-4,6,9H,5,7-8,10H2,1H3. The normalized spacial score (nSPS) is 11.4. The van der Waals surface area contributed by atoms with Crippen molar-refractivity contribution in [3.05, 3.63) is 47.0 Å². The Bertz CT molecular complexity index is 760. The Morgan fingerprint density at radius 2 is 2.05 bits per heavy atom. The van der Waals surface area contributed by atoms with E-state index in [1.165, 1.54) is 5.69 Å². The van der Waals surface area contributed by atoms with Crippen LogP contribution in [0.5, 0.6) is 0 Å². The minimum Gasteiger partial charge on any atom is -0.326 e. The van der Waals surface area contributed by atoms with Crippen LogP contribution in [-0.2, 0) is 26.4 Å². The fourth-order valence-electron chi connectivity index (χ4n) is 2.58. The topological polar surface area (TPSA) is 35.6 Å². The lowest BCUT2D eigenvalue weighted by Gasteiger charge is -2.09. The van der Waals surface area contributed by atoms with Gasteiger partial charge in [-0.3, -0.25) is 4.68 Å². The van der Waals surface area contributed by atoms with Gasteiger partial charge in [-0.25, -0.2) is 4.98 Å². The zero-order chi connectivity index (χ0) is 14.8. The summed E-state index contributed by atoms with van der Waals surface area (Å²) in [6, 6.07) is 7.84. The monoisotopic (exact) mass is 322 g/mol. The van der Waals surface area contributed by atoms with Crippen LogP contribution in [-0.4, -0.2) is 25.2 Å². The average Bonchev–Trinajstić information content (AvgIpc) is 3.02. The van der Waals surface area contributed by atoms with E-state index in [1.807, 2.05) is 42.2 Å². The number of imidazole rings is 1. The summed E-state index contributed by atoms with van der Waals surface area (Å²) in [6.45, 7) is 0.811. The highest BCUT2D eigenvalue weighted by molar-refractivity contribution is 6.35. The summed E-state index contributed by atoms with van der Waals surface area (Å²) in [5, 5.41) is 4.93. The van der Waals surface area contributed by atoms with Crippen LogP contribution in [0.2, 0.25) is 5.02 Å². The van der Waals surface area contributed by atoms with E-state index in [2.05, 4.69) is 14.6 Å². The van der Waals surface area contributed by atoms with Crippen LogP contribution < -0.4 is 0 Å². The maximum absolute atomic E-state index is 6.36.